The molecule has 0 aliphatic rings. The molecule has 2 amide bonds. The molecule has 2 aromatic rings. The van der Waals surface area contributed by atoms with E-state index < -0.39 is 0 Å². The van der Waals surface area contributed by atoms with Crippen LogP contribution in [-0.2, 0) is 16.0 Å². The average molecular weight is 333 g/mol. The SMILES string of the molecule is COc1ccccc1/C=N\NC(=O)Cc1nnc(NC(C)=O)s1. The number of anilines is 1. The number of hydrazone groups is 1. The minimum absolute atomic E-state index is 0.0283. The summed E-state index contributed by atoms with van der Waals surface area (Å²) in [5, 5.41) is 14.8. The number of nitrogens with zero attached hydrogens (tertiary/aromatic N) is 3. The fourth-order valence-electron chi connectivity index (χ4n) is 1.65. The van der Waals surface area contributed by atoms with Crippen LogP contribution in [0.4, 0.5) is 5.13 Å². The number of nitrogens with one attached hydrogen (secondary N) is 2. The molecule has 0 fully saturated rings. The van der Waals surface area contributed by atoms with Crippen LogP contribution in [0.25, 0.3) is 0 Å². The molecule has 120 valence electrons. The number of carbonyl (C=O) groups is 2. The van der Waals surface area contributed by atoms with E-state index in [0.717, 1.165) is 16.9 Å². The lowest BCUT2D eigenvalue weighted by molar-refractivity contribution is -0.120. The number of para-hydroxylation sites is 1. The number of hydrogen-bond donors (Lipinski definition) is 2. The third kappa shape index (κ3) is 5.15. The smallest absolute Gasteiger partial charge is 0.247 e. The molecular formula is C14H15N5O3S. The number of amides is 2. The van der Waals surface area contributed by atoms with Crippen LogP contribution in [0.15, 0.2) is 29.4 Å². The molecular weight excluding hydrogens is 318 g/mol. The molecule has 0 radical (unpaired) electrons. The summed E-state index contributed by atoms with van der Waals surface area (Å²) in [5.74, 6) is 0.0924. The summed E-state index contributed by atoms with van der Waals surface area (Å²) in [7, 11) is 1.56. The number of benzene rings is 1. The molecule has 1 aromatic heterocycles. The van der Waals surface area contributed by atoms with E-state index in [0.29, 0.717) is 15.9 Å². The second-order valence-electron chi connectivity index (χ2n) is 4.39. The Morgan fingerprint density at radius 3 is 2.87 bits per heavy atom. The van der Waals surface area contributed by atoms with Gasteiger partial charge in [0.2, 0.25) is 16.9 Å². The van der Waals surface area contributed by atoms with Gasteiger partial charge in [-0.3, -0.25) is 9.59 Å². The third-order valence-electron chi connectivity index (χ3n) is 2.59. The standard InChI is InChI=1S/C14H15N5O3S/c1-9(20)16-14-19-18-13(23-14)7-12(21)17-15-8-10-5-3-4-6-11(10)22-2/h3-6,8H,7H2,1-2H3,(H,17,21)(H,16,19,20)/b15-8-. The van der Waals surface area contributed by atoms with Crippen LogP contribution < -0.4 is 15.5 Å². The lowest BCUT2D eigenvalue weighted by atomic mass is 10.2. The zero-order valence-electron chi connectivity index (χ0n) is 12.6. The van der Waals surface area contributed by atoms with Crippen molar-refractivity contribution in [1.82, 2.24) is 15.6 Å². The quantitative estimate of drug-likeness (QED) is 0.610. The van der Waals surface area contributed by atoms with Gasteiger partial charge in [-0.2, -0.15) is 5.10 Å². The zero-order chi connectivity index (χ0) is 16.7. The zero-order valence-corrected chi connectivity index (χ0v) is 13.4. The van der Waals surface area contributed by atoms with E-state index in [2.05, 4.69) is 26.0 Å². The molecule has 0 aliphatic heterocycles. The Morgan fingerprint density at radius 2 is 2.13 bits per heavy atom. The van der Waals surface area contributed by atoms with Gasteiger partial charge >= 0.3 is 0 Å². The van der Waals surface area contributed by atoms with E-state index in [9.17, 15) is 9.59 Å². The average Bonchev–Trinajstić information content (AvgIpc) is 2.93. The first kappa shape index (κ1) is 16.6. The highest BCUT2D eigenvalue weighted by Gasteiger charge is 2.09. The van der Waals surface area contributed by atoms with E-state index >= 15 is 0 Å². The van der Waals surface area contributed by atoms with Crippen molar-refractivity contribution < 1.29 is 14.3 Å². The van der Waals surface area contributed by atoms with E-state index in [1.54, 1.807) is 13.2 Å². The van der Waals surface area contributed by atoms with E-state index in [1.807, 2.05) is 18.2 Å². The highest BCUT2D eigenvalue weighted by atomic mass is 32.1. The molecule has 8 nitrogen and oxygen atoms in total. The number of aromatic nitrogens is 2. The highest BCUT2D eigenvalue weighted by Crippen LogP contribution is 2.16. The van der Waals surface area contributed by atoms with Crippen molar-refractivity contribution in [2.24, 2.45) is 5.10 Å². The molecule has 0 atom stereocenters. The van der Waals surface area contributed by atoms with Gasteiger partial charge in [-0.05, 0) is 12.1 Å². The summed E-state index contributed by atoms with van der Waals surface area (Å²) in [6.07, 6.45) is 1.53. The Morgan fingerprint density at radius 1 is 1.35 bits per heavy atom. The minimum atomic E-state index is -0.332. The van der Waals surface area contributed by atoms with E-state index in [1.165, 1.54) is 13.1 Å². The number of carbonyl (C=O) groups excluding carboxylic acids is 2. The first-order valence-corrected chi connectivity index (χ1v) is 7.45. The van der Waals surface area contributed by atoms with Crippen LogP contribution >= 0.6 is 11.3 Å². The first-order valence-electron chi connectivity index (χ1n) is 6.63. The van der Waals surface area contributed by atoms with Crippen molar-refractivity contribution in [3.8, 4) is 5.75 Å². The monoisotopic (exact) mass is 333 g/mol. The fraction of sp³-hybridized carbons (Fsp3) is 0.214. The maximum atomic E-state index is 11.8. The van der Waals surface area contributed by atoms with Crippen LogP contribution in [-0.4, -0.2) is 35.3 Å². The van der Waals surface area contributed by atoms with Crippen molar-refractivity contribution in [1.29, 1.82) is 0 Å². The lowest BCUT2D eigenvalue weighted by Gasteiger charge is -2.02. The molecule has 0 unspecified atom stereocenters. The van der Waals surface area contributed by atoms with Gasteiger partial charge in [0.15, 0.2) is 0 Å². The van der Waals surface area contributed by atoms with Gasteiger partial charge in [-0.1, -0.05) is 23.5 Å². The summed E-state index contributed by atoms with van der Waals surface area (Å²) >= 11 is 1.14. The van der Waals surface area contributed by atoms with Crippen molar-refractivity contribution in [3.05, 3.63) is 34.8 Å². The van der Waals surface area contributed by atoms with Gasteiger partial charge < -0.3 is 10.1 Å². The van der Waals surface area contributed by atoms with Crippen LogP contribution in [0.1, 0.15) is 17.5 Å². The van der Waals surface area contributed by atoms with Gasteiger partial charge in [0, 0.05) is 12.5 Å². The maximum absolute atomic E-state index is 11.8. The predicted molar refractivity (Wildman–Crippen MR) is 86.6 cm³/mol. The van der Waals surface area contributed by atoms with Crippen molar-refractivity contribution >= 4 is 34.5 Å². The summed E-state index contributed by atoms with van der Waals surface area (Å²) in [6, 6.07) is 7.31. The van der Waals surface area contributed by atoms with Gasteiger partial charge in [0.05, 0.1) is 19.7 Å². The van der Waals surface area contributed by atoms with Crippen molar-refractivity contribution in [3.63, 3.8) is 0 Å². The second kappa shape index (κ2) is 7.99. The molecule has 1 aromatic carbocycles. The lowest BCUT2D eigenvalue weighted by Crippen LogP contribution is -2.19. The van der Waals surface area contributed by atoms with Gasteiger partial charge in [-0.15, -0.1) is 10.2 Å². The van der Waals surface area contributed by atoms with Crippen molar-refractivity contribution in [2.75, 3.05) is 12.4 Å². The molecule has 9 heteroatoms. The second-order valence-corrected chi connectivity index (χ2v) is 5.46. The molecule has 2 rings (SSSR count). The Kier molecular flexibility index (Phi) is 5.75. The summed E-state index contributed by atoms with van der Waals surface area (Å²) in [5.41, 5.74) is 3.16. The Balaban J connectivity index is 1.88. The largest absolute Gasteiger partial charge is 0.496 e. The summed E-state index contributed by atoms with van der Waals surface area (Å²) < 4.78 is 5.18. The minimum Gasteiger partial charge on any atom is -0.496 e. The molecule has 0 saturated heterocycles. The third-order valence-corrected chi connectivity index (χ3v) is 3.43. The van der Waals surface area contributed by atoms with Crippen molar-refractivity contribution in [2.45, 2.75) is 13.3 Å². The predicted octanol–water partition coefficient (Wildman–Crippen LogP) is 1.20. The molecule has 0 aliphatic carbocycles. The maximum Gasteiger partial charge on any atom is 0.247 e. The molecule has 0 bridgehead atoms. The van der Waals surface area contributed by atoms with Crippen LogP contribution in [0.2, 0.25) is 0 Å². The van der Waals surface area contributed by atoms with Crippen LogP contribution in [0, 0.1) is 0 Å². The van der Waals surface area contributed by atoms with E-state index in [4.69, 9.17) is 4.74 Å². The fourth-order valence-corrected chi connectivity index (χ4v) is 2.43. The molecule has 1 heterocycles. The van der Waals surface area contributed by atoms with Crippen LogP contribution in [0.5, 0.6) is 5.75 Å². The normalized spacial score (nSPS) is 10.5. The molecule has 0 saturated carbocycles. The number of methoxy groups -OCH3 is 1. The molecule has 0 spiro atoms. The van der Waals surface area contributed by atoms with E-state index in [-0.39, 0.29) is 18.2 Å². The van der Waals surface area contributed by atoms with Gasteiger partial charge in [-0.25, -0.2) is 5.43 Å². The van der Waals surface area contributed by atoms with Gasteiger partial charge in [0.25, 0.3) is 0 Å². The summed E-state index contributed by atoms with van der Waals surface area (Å²) in [6.45, 7) is 1.38. The Bertz CT molecular complexity index is 729. The molecule has 2 N–H and O–H groups in total. The van der Waals surface area contributed by atoms with Gasteiger partial charge in [0.1, 0.15) is 10.8 Å². The highest BCUT2D eigenvalue weighted by molar-refractivity contribution is 7.15. The molecule has 23 heavy (non-hydrogen) atoms. The van der Waals surface area contributed by atoms with Crippen LogP contribution in [0.3, 0.4) is 0 Å². The topological polar surface area (TPSA) is 106 Å². The number of rotatable bonds is 6. The number of ether oxygens (including phenoxy) is 1. The first-order chi connectivity index (χ1) is 11.1. The Labute approximate surface area is 136 Å². The Hall–Kier alpha value is -2.81. The summed E-state index contributed by atoms with van der Waals surface area (Å²) in [4.78, 5) is 22.7. The number of hydrogen-bond acceptors (Lipinski definition) is 7.